The number of rotatable bonds is 6. The molecule has 0 fully saturated rings. The van der Waals surface area contributed by atoms with Crippen LogP contribution < -0.4 is 10.1 Å². The standard InChI is InChI=1S/C23H18ClN3O4/c1-13-2-5-18-15(8-13)11-19(27-18)23(30)26-16-4-7-21(25-12-16)31-20-6-3-14(9-17(20)24)10-22(28)29/h2-9,11-12,27H,10H2,1H3,(H,26,30)(H,28,29). The van der Waals surface area contributed by atoms with Crippen LogP contribution >= 0.6 is 11.6 Å². The number of halogens is 1. The molecule has 4 aromatic rings. The largest absolute Gasteiger partial charge is 0.481 e. The molecule has 0 saturated carbocycles. The molecule has 0 aliphatic heterocycles. The molecule has 1 amide bonds. The first-order valence-corrected chi connectivity index (χ1v) is 9.80. The molecule has 2 aromatic carbocycles. The molecule has 0 spiro atoms. The average Bonchev–Trinajstić information content (AvgIpc) is 3.14. The Labute approximate surface area is 182 Å². The first-order chi connectivity index (χ1) is 14.9. The van der Waals surface area contributed by atoms with Crippen molar-refractivity contribution in [2.75, 3.05) is 5.32 Å². The Kier molecular flexibility index (Phi) is 5.60. The van der Waals surface area contributed by atoms with E-state index in [2.05, 4.69) is 15.3 Å². The van der Waals surface area contributed by atoms with E-state index >= 15 is 0 Å². The number of nitrogens with one attached hydrogen (secondary N) is 2. The van der Waals surface area contributed by atoms with Gasteiger partial charge in [-0.15, -0.1) is 0 Å². The minimum atomic E-state index is -0.938. The number of carbonyl (C=O) groups is 2. The van der Waals surface area contributed by atoms with Crippen LogP contribution in [0.3, 0.4) is 0 Å². The second-order valence-electron chi connectivity index (χ2n) is 7.05. The number of aryl methyl sites for hydroxylation is 1. The molecule has 0 aliphatic rings. The maximum absolute atomic E-state index is 12.5. The number of fused-ring (bicyclic) bond motifs is 1. The van der Waals surface area contributed by atoms with Crippen LogP contribution in [0.15, 0.2) is 60.8 Å². The number of amides is 1. The molecule has 0 aliphatic carbocycles. The number of aromatic amines is 1. The molecule has 31 heavy (non-hydrogen) atoms. The van der Waals surface area contributed by atoms with Crippen LogP contribution in [0.2, 0.25) is 5.02 Å². The van der Waals surface area contributed by atoms with E-state index in [-0.39, 0.29) is 23.2 Å². The first-order valence-electron chi connectivity index (χ1n) is 9.42. The van der Waals surface area contributed by atoms with Gasteiger partial charge in [0, 0.05) is 17.0 Å². The number of pyridine rings is 1. The molecule has 0 saturated heterocycles. The lowest BCUT2D eigenvalue weighted by Gasteiger charge is -2.09. The zero-order valence-electron chi connectivity index (χ0n) is 16.5. The Bertz CT molecular complexity index is 1280. The number of ether oxygens (including phenoxy) is 1. The summed E-state index contributed by atoms with van der Waals surface area (Å²) in [5.41, 5.74) is 3.55. The zero-order valence-corrected chi connectivity index (χ0v) is 17.2. The van der Waals surface area contributed by atoms with Gasteiger partial charge in [-0.1, -0.05) is 29.3 Å². The van der Waals surface area contributed by atoms with Gasteiger partial charge in [-0.25, -0.2) is 4.98 Å². The van der Waals surface area contributed by atoms with E-state index < -0.39 is 5.97 Å². The fourth-order valence-electron chi connectivity index (χ4n) is 3.11. The molecule has 4 rings (SSSR count). The predicted octanol–water partition coefficient (Wildman–Crippen LogP) is 5.20. The third-order valence-electron chi connectivity index (χ3n) is 4.58. The number of aliphatic carboxylic acids is 1. The summed E-state index contributed by atoms with van der Waals surface area (Å²) in [5, 5.41) is 12.9. The molecule has 0 unspecified atom stereocenters. The number of carboxylic acids is 1. The minimum absolute atomic E-state index is 0.122. The quantitative estimate of drug-likeness (QED) is 0.386. The Hall–Kier alpha value is -3.84. The van der Waals surface area contributed by atoms with E-state index in [0.29, 0.717) is 22.7 Å². The smallest absolute Gasteiger partial charge is 0.307 e. The summed E-state index contributed by atoms with van der Waals surface area (Å²) >= 11 is 6.17. The highest BCUT2D eigenvalue weighted by atomic mass is 35.5. The van der Waals surface area contributed by atoms with E-state index in [1.54, 1.807) is 36.4 Å². The number of H-pyrrole nitrogens is 1. The van der Waals surface area contributed by atoms with Gasteiger partial charge in [0.2, 0.25) is 5.88 Å². The number of anilines is 1. The van der Waals surface area contributed by atoms with Crippen molar-refractivity contribution in [3.8, 4) is 11.6 Å². The lowest BCUT2D eigenvalue weighted by molar-refractivity contribution is -0.136. The highest BCUT2D eigenvalue weighted by molar-refractivity contribution is 6.32. The molecule has 7 nitrogen and oxygen atoms in total. The van der Waals surface area contributed by atoms with Crippen LogP contribution in [-0.2, 0) is 11.2 Å². The van der Waals surface area contributed by atoms with Gasteiger partial charge < -0.3 is 20.1 Å². The van der Waals surface area contributed by atoms with E-state index in [9.17, 15) is 9.59 Å². The topological polar surface area (TPSA) is 104 Å². The summed E-state index contributed by atoms with van der Waals surface area (Å²) in [4.78, 5) is 30.6. The van der Waals surface area contributed by atoms with Crippen molar-refractivity contribution in [1.29, 1.82) is 0 Å². The van der Waals surface area contributed by atoms with Crippen molar-refractivity contribution in [3.63, 3.8) is 0 Å². The maximum atomic E-state index is 12.5. The van der Waals surface area contributed by atoms with E-state index in [0.717, 1.165) is 16.5 Å². The summed E-state index contributed by atoms with van der Waals surface area (Å²) in [7, 11) is 0. The molecule has 0 atom stereocenters. The van der Waals surface area contributed by atoms with Gasteiger partial charge in [-0.05, 0) is 48.9 Å². The van der Waals surface area contributed by atoms with Gasteiger partial charge in [-0.2, -0.15) is 0 Å². The third kappa shape index (κ3) is 4.84. The van der Waals surface area contributed by atoms with Crippen LogP contribution in [0.1, 0.15) is 21.6 Å². The lowest BCUT2D eigenvalue weighted by Crippen LogP contribution is -2.12. The van der Waals surface area contributed by atoms with Crippen molar-refractivity contribution in [2.45, 2.75) is 13.3 Å². The summed E-state index contributed by atoms with van der Waals surface area (Å²) < 4.78 is 5.66. The molecule has 3 N–H and O–H groups in total. The van der Waals surface area contributed by atoms with E-state index in [1.165, 1.54) is 6.20 Å². The predicted molar refractivity (Wildman–Crippen MR) is 118 cm³/mol. The highest BCUT2D eigenvalue weighted by Gasteiger charge is 2.11. The SMILES string of the molecule is Cc1ccc2[nH]c(C(=O)Nc3ccc(Oc4ccc(CC(=O)O)cc4Cl)nc3)cc2c1. The molecule has 0 radical (unpaired) electrons. The van der Waals surface area contributed by atoms with Gasteiger partial charge in [0.05, 0.1) is 23.3 Å². The summed E-state index contributed by atoms with van der Waals surface area (Å²) in [6.45, 7) is 2.00. The normalized spacial score (nSPS) is 10.8. The molecule has 2 aromatic heterocycles. The Morgan fingerprint density at radius 3 is 2.68 bits per heavy atom. The molecular formula is C23H18ClN3O4. The summed E-state index contributed by atoms with van der Waals surface area (Å²) in [5.74, 6) is -0.576. The number of aromatic nitrogens is 2. The zero-order chi connectivity index (χ0) is 22.0. The van der Waals surface area contributed by atoms with Gasteiger partial charge in [0.15, 0.2) is 0 Å². The molecule has 156 valence electrons. The molecule has 8 heteroatoms. The van der Waals surface area contributed by atoms with Crippen molar-refractivity contribution in [1.82, 2.24) is 9.97 Å². The first kappa shape index (κ1) is 20.4. The van der Waals surface area contributed by atoms with Crippen LogP contribution in [0.4, 0.5) is 5.69 Å². The van der Waals surface area contributed by atoms with Crippen LogP contribution in [0.25, 0.3) is 10.9 Å². The fraction of sp³-hybridized carbons (Fsp3) is 0.0870. The maximum Gasteiger partial charge on any atom is 0.307 e. The number of carboxylic acid groups (broad SMARTS) is 1. The molecule has 0 bridgehead atoms. The van der Waals surface area contributed by atoms with E-state index in [1.807, 2.05) is 25.1 Å². The second-order valence-corrected chi connectivity index (χ2v) is 7.46. The van der Waals surface area contributed by atoms with Crippen LogP contribution in [0, 0.1) is 6.92 Å². The Balaban J connectivity index is 1.43. The average molecular weight is 436 g/mol. The minimum Gasteiger partial charge on any atom is -0.481 e. The van der Waals surface area contributed by atoms with Gasteiger partial charge in [0.1, 0.15) is 11.4 Å². The van der Waals surface area contributed by atoms with Gasteiger partial charge >= 0.3 is 5.97 Å². The van der Waals surface area contributed by atoms with Gasteiger partial charge in [0.25, 0.3) is 5.91 Å². The Morgan fingerprint density at radius 2 is 1.97 bits per heavy atom. The Morgan fingerprint density at radius 1 is 1.13 bits per heavy atom. The van der Waals surface area contributed by atoms with Crippen LogP contribution in [-0.4, -0.2) is 27.0 Å². The fourth-order valence-corrected chi connectivity index (χ4v) is 3.35. The third-order valence-corrected chi connectivity index (χ3v) is 4.88. The molecular weight excluding hydrogens is 418 g/mol. The monoisotopic (exact) mass is 435 g/mol. The lowest BCUT2D eigenvalue weighted by atomic mass is 10.1. The highest BCUT2D eigenvalue weighted by Crippen LogP contribution is 2.30. The van der Waals surface area contributed by atoms with Gasteiger partial charge in [-0.3, -0.25) is 9.59 Å². The number of benzene rings is 2. The van der Waals surface area contributed by atoms with Crippen molar-refractivity contribution in [2.24, 2.45) is 0 Å². The second kappa shape index (κ2) is 8.49. The van der Waals surface area contributed by atoms with Crippen LogP contribution in [0.5, 0.6) is 11.6 Å². The van der Waals surface area contributed by atoms with Crippen molar-refractivity contribution >= 4 is 40.1 Å². The summed E-state index contributed by atoms with van der Waals surface area (Å²) in [6, 6.07) is 15.8. The van der Waals surface area contributed by atoms with Crippen molar-refractivity contribution in [3.05, 3.63) is 82.6 Å². The molecule has 2 heterocycles. The number of hydrogen-bond donors (Lipinski definition) is 3. The number of nitrogens with zero attached hydrogens (tertiary/aromatic N) is 1. The summed E-state index contributed by atoms with van der Waals surface area (Å²) in [6.07, 6.45) is 1.36. The van der Waals surface area contributed by atoms with Crippen molar-refractivity contribution < 1.29 is 19.4 Å². The van der Waals surface area contributed by atoms with E-state index in [4.69, 9.17) is 21.4 Å². The number of carbonyl (C=O) groups excluding carboxylic acids is 1. The number of hydrogen-bond acceptors (Lipinski definition) is 4.